The van der Waals surface area contributed by atoms with Gasteiger partial charge < -0.3 is 4.74 Å². The van der Waals surface area contributed by atoms with Gasteiger partial charge in [-0.2, -0.15) is 0 Å². The first-order valence-electron chi connectivity index (χ1n) is 8.00. The van der Waals surface area contributed by atoms with Gasteiger partial charge in [0.25, 0.3) is 5.78 Å². The number of aryl methyl sites for hydroxylation is 2. The van der Waals surface area contributed by atoms with Gasteiger partial charge in [-0.15, -0.1) is 10.2 Å². The molecule has 0 aliphatic rings. The van der Waals surface area contributed by atoms with Crippen molar-refractivity contribution >= 4 is 40.0 Å². The zero-order valence-corrected chi connectivity index (χ0v) is 16.1. The van der Waals surface area contributed by atoms with Crippen LogP contribution in [0.2, 0.25) is 5.15 Å². The van der Waals surface area contributed by atoms with Crippen LogP contribution in [0.5, 0.6) is 5.75 Å². The minimum Gasteiger partial charge on any atom is -0.497 e. The molecule has 0 amide bonds. The summed E-state index contributed by atoms with van der Waals surface area (Å²) in [6.07, 6.45) is 0. The van der Waals surface area contributed by atoms with Crippen LogP contribution in [0.25, 0.3) is 16.7 Å². The third-order valence-electron chi connectivity index (χ3n) is 4.07. The van der Waals surface area contributed by atoms with Crippen molar-refractivity contribution in [3.05, 3.63) is 52.4 Å². The van der Waals surface area contributed by atoms with Gasteiger partial charge in [-0.1, -0.05) is 23.4 Å². The van der Waals surface area contributed by atoms with Gasteiger partial charge in [-0.05, 0) is 38.1 Å². The summed E-state index contributed by atoms with van der Waals surface area (Å²) in [7, 11) is 1.63. The molecule has 0 radical (unpaired) electrons. The fraction of sp³-hybridized carbons (Fsp3) is 0.222. The maximum atomic E-state index is 6.39. The van der Waals surface area contributed by atoms with Gasteiger partial charge in [0.05, 0.1) is 12.6 Å². The van der Waals surface area contributed by atoms with Crippen molar-refractivity contribution in [3.8, 4) is 5.75 Å². The second-order valence-electron chi connectivity index (χ2n) is 5.94. The molecule has 26 heavy (non-hydrogen) atoms. The molecule has 0 spiro atoms. The van der Waals surface area contributed by atoms with E-state index in [0.717, 1.165) is 38.8 Å². The van der Waals surface area contributed by atoms with E-state index in [-0.39, 0.29) is 0 Å². The lowest BCUT2D eigenvalue weighted by Gasteiger charge is -2.08. The molecule has 0 aliphatic heterocycles. The Labute approximate surface area is 159 Å². The Morgan fingerprint density at radius 1 is 1.12 bits per heavy atom. The van der Waals surface area contributed by atoms with Crippen LogP contribution < -0.4 is 4.74 Å². The van der Waals surface area contributed by atoms with Crippen molar-refractivity contribution in [2.24, 2.45) is 0 Å². The molecule has 0 saturated carbocycles. The standard InChI is InChI=1S/C18H16ClN5OS/c1-10-6-11(2)24-17(20-10)22-23-18(24)26-9-13-7-12-4-5-14(25-3)8-15(12)21-16(13)19/h4-8H,9H2,1-3H3. The largest absolute Gasteiger partial charge is 0.497 e. The Morgan fingerprint density at radius 2 is 1.96 bits per heavy atom. The average molecular weight is 386 g/mol. The monoisotopic (exact) mass is 385 g/mol. The normalized spacial score (nSPS) is 11.4. The first-order chi connectivity index (χ1) is 12.5. The van der Waals surface area contributed by atoms with Crippen molar-refractivity contribution in [3.63, 3.8) is 0 Å². The van der Waals surface area contributed by atoms with Crippen molar-refractivity contribution in [1.29, 1.82) is 0 Å². The average Bonchev–Trinajstić information content (AvgIpc) is 3.02. The number of nitrogens with zero attached hydrogens (tertiary/aromatic N) is 5. The van der Waals surface area contributed by atoms with Crippen LogP contribution in [0.1, 0.15) is 17.0 Å². The molecule has 4 rings (SSSR count). The van der Waals surface area contributed by atoms with Gasteiger partial charge in [-0.3, -0.25) is 4.40 Å². The zero-order valence-electron chi connectivity index (χ0n) is 14.5. The van der Waals surface area contributed by atoms with Gasteiger partial charge >= 0.3 is 0 Å². The second kappa shape index (κ2) is 6.74. The van der Waals surface area contributed by atoms with Crippen molar-refractivity contribution in [2.75, 3.05) is 7.11 Å². The van der Waals surface area contributed by atoms with Crippen molar-refractivity contribution in [2.45, 2.75) is 24.8 Å². The van der Waals surface area contributed by atoms with Crippen molar-refractivity contribution in [1.82, 2.24) is 24.6 Å². The predicted molar refractivity (Wildman–Crippen MR) is 103 cm³/mol. The SMILES string of the molecule is COc1ccc2cc(CSc3nnc4nc(C)cc(C)n34)c(Cl)nc2c1. The molecule has 0 saturated heterocycles. The quantitative estimate of drug-likeness (QED) is 0.386. The van der Waals surface area contributed by atoms with Crippen LogP contribution in [-0.4, -0.2) is 31.7 Å². The van der Waals surface area contributed by atoms with E-state index in [1.807, 2.05) is 42.5 Å². The van der Waals surface area contributed by atoms with Crippen LogP contribution in [0, 0.1) is 13.8 Å². The van der Waals surface area contributed by atoms with Crippen molar-refractivity contribution < 1.29 is 4.74 Å². The molecular weight excluding hydrogens is 370 g/mol. The Kier molecular flexibility index (Phi) is 4.42. The molecule has 0 bridgehead atoms. The second-order valence-corrected chi connectivity index (χ2v) is 7.24. The number of pyridine rings is 1. The van der Waals surface area contributed by atoms with E-state index in [0.29, 0.717) is 16.7 Å². The molecule has 4 aromatic rings. The molecule has 0 unspecified atom stereocenters. The summed E-state index contributed by atoms with van der Waals surface area (Å²) in [5.74, 6) is 2.01. The first kappa shape index (κ1) is 17.1. The van der Waals surface area contributed by atoms with E-state index in [1.165, 1.54) is 0 Å². The lowest BCUT2D eigenvalue weighted by molar-refractivity contribution is 0.415. The smallest absolute Gasteiger partial charge is 0.256 e. The van der Waals surface area contributed by atoms with Gasteiger partial charge in [0, 0.05) is 34.2 Å². The topological polar surface area (TPSA) is 65.2 Å². The summed E-state index contributed by atoms with van der Waals surface area (Å²) in [5.41, 5.74) is 3.74. The summed E-state index contributed by atoms with van der Waals surface area (Å²) < 4.78 is 7.19. The Balaban J connectivity index is 1.65. The Morgan fingerprint density at radius 3 is 2.77 bits per heavy atom. The molecule has 132 valence electrons. The van der Waals surface area contributed by atoms with E-state index in [1.54, 1.807) is 18.9 Å². The number of ether oxygens (including phenoxy) is 1. The summed E-state index contributed by atoms with van der Waals surface area (Å²) in [4.78, 5) is 8.91. The van der Waals surface area contributed by atoms with Crippen LogP contribution in [0.15, 0.2) is 35.5 Å². The number of halogens is 1. The number of methoxy groups -OCH3 is 1. The van der Waals surface area contributed by atoms with Crippen LogP contribution in [-0.2, 0) is 5.75 Å². The zero-order chi connectivity index (χ0) is 18.3. The summed E-state index contributed by atoms with van der Waals surface area (Å²) >= 11 is 7.95. The molecule has 1 aromatic carbocycles. The molecule has 0 N–H and O–H groups in total. The molecule has 3 heterocycles. The highest BCUT2D eigenvalue weighted by Crippen LogP contribution is 2.29. The van der Waals surface area contributed by atoms with E-state index in [2.05, 4.69) is 26.2 Å². The molecule has 0 atom stereocenters. The number of benzene rings is 1. The maximum Gasteiger partial charge on any atom is 0.256 e. The van der Waals surface area contributed by atoms with E-state index in [9.17, 15) is 0 Å². The van der Waals surface area contributed by atoms with E-state index < -0.39 is 0 Å². The highest BCUT2D eigenvalue weighted by Gasteiger charge is 2.12. The molecular formula is C18H16ClN5OS. The van der Waals surface area contributed by atoms with Gasteiger partial charge in [-0.25, -0.2) is 9.97 Å². The number of rotatable bonds is 4. The third-order valence-corrected chi connectivity index (χ3v) is 5.38. The fourth-order valence-corrected chi connectivity index (χ4v) is 4.08. The maximum absolute atomic E-state index is 6.39. The minimum absolute atomic E-state index is 0.484. The number of fused-ring (bicyclic) bond motifs is 2. The minimum atomic E-state index is 0.484. The fourth-order valence-electron chi connectivity index (χ4n) is 2.83. The number of thioether (sulfide) groups is 1. The number of hydrogen-bond donors (Lipinski definition) is 0. The van der Waals surface area contributed by atoms with Crippen LogP contribution in [0.3, 0.4) is 0 Å². The molecule has 0 fully saturated rings. The van der Waals surface area contributed by atoms with Crippen LogP contribution >= 0.6 is 23.4 Å². The highest BCUT2D eigenvalue weighted by atomic mass is 35.5. The van der Waals surface area contributed by atoms with E-state index >= 15 is 0 Å². The Hall–Kier alpha value is -2.38. The number of hydrogen-bond acceptors (Lipinski definition) is 6. The van der Waals surface area contributed by atoms with E-state index in [4.69, 9.17) is 16.3 Å². The summed E-state index contributed by atoms with van der Waals surface area (Å²) in [5, 5.41) is 10.7. The number of aromatic nitrogens is 5. The Bertz CT molecular complexity index is 1130. The summed E-state index contributed by atoms with van der Waals surface area (Å²) in [6, 6.07) is 9.84. The highest BCUT2D eigenvalue weighted by molar-refractivity contribution is 7.98. The lowest BCUT2D eigenvalue weighted by Crippen LogP contribution is -1.98. The summed E-state index contributed by atoms with van der Waals surface area (Å²) in [6.45, 7) is 3.97. The van der Waals surface area contributed by atoms with Gasteiger partial charge in [0.1, 0.15) is 10.9 Å². The molecule has 3 aromatic heterocycles. The molecule has 0 aliphatic carbocycles. The first-order valence-corrected chi connectivity index (χ1v) is 9.37. The predicted octanol–water partition coefficient (Wildman–Crippen LogP) is 4.24. The molecule has 6 nitrogen and oxygen atoms in total. The third kappa shape index (κ3) is 3.08. The molecule has 8 heteroatoms. The van der Waals surface area contributed by atoms with Crippen LogP contribution in [0.4, 0.5) is 0 Å². The lowest BCUT2D eigenvalue weighted by atomic mass is 10.1. The van der Waals surface area contributed by atoms with Gasteiger partial charge in [0.2, 0.25) is 0 Å². The van der Waals surface area contributed by atoms with Gasteiger partial charge in [0.15, 0.2) is 5.16 Å².